The van der Waals surface area contributed by atoms with Gasteiger partial charge in [0.1, 0.15) is 10.7 Å². The molecular formula is C23H28N4O2S. The van der Waals surface area contributed by atoms with Gasteiger partial charge >= 0.3 is 0 Å². The first-order valence-electron chi connectivity index (χ1n) is 10.5. The molecule has 0 spiro atoms. The fraction of sp³-hybridized carbons (Fsp3) is 0.435. The van der Waals surface area contributed by atoms with Crippen LogP contribution in [0.3, 0.4) is 0 Å². The summed E-state index contributed by atoms with van der Waals surface area (Å²) in [4.78, 5) is 36.6. The molecule has 1 amide bonds. The number of hydrogen-bond donors (Lipinski definition) is 2. The second-order valence-electron chi connectivity index (χ2n) is 8.38. The van der Waals surface area contributed by atoms with Crippen molar-refractivity contribution in [2.45, 2.75) is 45.6 Å². The molecule has 0 fully saturated rings. The van der Waals surface area contributed by atoms with E-state index in [2.05, 4.69) is 22.2 Å². The summed E-state index contributed by atoms with van der Waals surface area (Å²) in [6.45, 7) is 2.75. The van der Waals surface area contributed by atoms with E-state index in [1.807, 2.05) is 43.3 Å². The van der Waals surface area contributed by atoms with Crippen LogP contribution in [0.5, 0.6) is 0 Å². The highest BCUT2D eigenvalue weighted by Crippen LogP contribution is 2.35. The van der Waals surface area contributed by atoms with Gasteiger partial charge in [-0.05, 0) is 48.4 Å². The van der Waals surface area contributed by atoms with Gasteiger partial charge in [0.25, 0.3) is 5.56 Å². The maximum Gasteiger partial charge on any atom is 0.259 e. The number of anilines is 1. The summed E-state index contributed by atoms with van der Waals surface area (Å²) in [6.07, 6.45) is 3.83. The van der Waals surface area contributed by atoms with Gasteiger partial charge in [0, 0.05) is 44.0 Å². The monoisotopic (exact) mass is 424 g/mol. The quantitative estimate of drug-likeness (QED) is 0.636. The predicted octanol–water partition coefficient (Wildman–Crippen LogP) is 3.42. The summed E-state index contributed by atoms with van der Waals surface area (Å²) >= 11 is 1.64. The van der Waals surface area contributed by atoms with Crippen LogP contribution in [0.15, 0.2) is 29.1 Å². The van der Waals surface area contributed by atoms with E-state index < -0.39 is 0 Å². The lowest BCUT2D eigenvalue weighted by atomic mass is 9.89. The number of rotatable bonds is 6. The van der Waals surface area contributed by atoms with Crippen LogP contribution in [0, 0.1) is 5.92 Å². The topological polar surface area (TPSA) is 78.1 Å². The molecule has 0 unspecified atom stereocenters. The lowest BCUT2D eigenvalue weighted by molar-refractivity contribution is -0.121. The minimum Gasteiger partial charge on any atom is -0.378 e. The number of aromatic nitrogens is 2. The number of hydrogen-bond acceptors (Lipinski definition) is 5. The van der Waals surface area contributed by atoms with Gasteiger partial charge in [-0.15, -0.1) is 11.3 Å². The average molecular weight is 425 g/mol. The van der Waals surface area contributed by atoms with Crippen LogP contribution in [0.1, 0.15) is 41.6 Å². The Morgan fingerprint density at radius 3 is 2.80 bits per heavy atom. The molecule has 1 aliphatic carbocycles. The minimum atomic E-state index is -0.0663. The third kappa shape index (κ3) is 4.41. The molecule has 2 N–H and O–H groups in total. The summed E-state index contributed by atoms with van der Waals surface area (Å²) in [5.74, 6) is 1.20. The van der Waals surface area contributed by atoms with Crippen molar-refractivity contribution in [3.8, 4) is 0 Å². The molecule has 2 aromatic heterocycles. The Bertz CT molecular complexity index is 1110. The molecule has 7 heteroatoms. The van der Waals surface area contributed by atoms with E-state index in [4.69, 9.17) is 0 Å². The minimum absolute atomic E-state index is 0.0475. The highest BCUT2D eigenvalue weighted by atomic mass is 32.1. The number of carbonyl (C=O) groups is 1. The van der Waals surface area contributed by atoms with Crippen molar-refractivity contribution in [1.82, 2.24) is 15.3 Å². The third-order valence-corrected chi connectivity index (χ3v) is 6.89. The number of aryl methyl sites for hydroxylation is 2. The maximum atomic E-state index is 12.7. The van der Waals surface area contributed by atoms with Crippen LogP contribution in [-0.2, 0) is 30.6 Å². The van der Waals surface area contributed by atoms with E-state index in [9.17, 15) is 9.59 Å². The lowest BCUT2D eigenvalue weighted by Crippen LogP contribution is -2.24. The van der Waals surface area contributed by atoms with Gasteiger partial charge in [0.05, 0.1) is 5.39 Å². The van der Waals surface area contributed by atoms with Crippen LogP contribution < -0.4 is 15.8 Å². The van der Waals surface area contributed by atoms with Gasteiger partial charge in [-0.3, -0.25) is 9.59 Å². The Morgan fingerprint density at radius 2 is 2.07 bits per heavy atom. The molecule has 3 aromatic rings. The number of aromatic amines is 1. The van der Waals surface area contributed by atoms with E-state index in [0.29, 0.717) is 31.1 Å². The first-order chi connectivity index (χ1) is 14.4. The van der Waals surface area contributed by atoms with Gasteiger partial charge in [-0.25, -0.2) is 4.98 Å². The van der Waals surface area contributed by atoms with E-state index in [1.165, 1.54) is 10.4 Å². The van der Waals surface area contributed by atoms with Crippen LogP contribution >= 0.6 is 11.3 Å². The van der Waals surface area contributed by atoms with Gasteiger partial charge < -0.3 is 15.2 Å². The number of thiophene rings is 1. The van der Waals surface area contributed by atoms with E-state index in [0.717, 1.165) is 40.7 Å². The van der Waals surface area contributed by atoms with E-state index in [1.54, 1.807) is 11.3 Å². The fourth-order valence-electron chi connectivity index (χ4n) is 3.94. The number of carbonyl (C=O) groups excluding carboxylic acids is 1. The number of nitrogens with zero attached hydrogens (tertiary/aromatic N) is 2. The Balaban J connectivity index is 1.37. The van der Waals surface area contributed by atoms with Crippen LogP contribution in [0.2, 0.25) is 0 Å². The molecule has 2 heterocycles. The largest absolute Gasteiger partial charge is 0.378 e. The number of amides is 1. The number of H-pyrrole nitrogens is 1. The smallest absolute Gasteiger partial charge is 0.259 e. The molecule has 0 radical (unpaired) electrons. The second kappa shape index (κ2) is 8.60. The van der Waals surface area contributed by atoms with Crippen LogP contribution in [0.4, 0.5) is 5.69 Å². The summed E-state index contributed by atoms with van der Waals surface area (Å²) in [5.41, 5.74) is 3.30. The van der Waals surface area contributed by atoms with Crippen molar-refractivity contribution < 1.29 is 4.79 Å². The summed E-state index contributed by atoms with van der Waals surface area (Å²) in [5, 5.41) is 3.70. The first-order valence-corrected chi connectivity index (χ1v) is 11.3. The van der Waals surface area contributed by atoms with Crippen LogP contribution in [0.25, 0.3) is 10.2 Å². The van der Waals surface area contributed by atoms with Crippen molar-refractivity contribution in [3.05, 3.63) is 56.4 Å². The Kier molecular flexibility index (Phi) is 5.90. The molecule has 0 aliphatic heterocycles. The molecule has 30 heavy (non-hydrogen) atoms. The van der Waals surface area contributed by atoms with Crippen molar-refractivity contribution in [2.75, 3.05) is 19.0 Å². The Labute approximate surface area is 180 Å². The average Bonchev–Trinajstić information content (AvgIpc) is 3.08. The first kappa shape index (κ1) is 20.6. The third-order valence-electron chi connectivity index (χ3n) is 5.75. The summed E-state index contributed by atoms with van der Waals surface area (Å²) in [6, 6.07) is 8.10. The van der Waals surface area contributed by atoms with Gasteiger partial charge in [-0.1, -0.05) is 19.1 Å². The van der Waals surface area contributed by atoms with Gasteiger partial charge in [0.15, 0.2) is 0 Å². The summed E-state index contributed by atoms with van der Waals surface area (Å²) in [7, 11) is 4.00. The Hall–Kier alpha value is -2.67. The Morgan fingerprint density at radius 1 is 1.30 bits per heavy atom. The lowest BCUT2D eigenvalue weighted by Gasteiger charge is -2.17. The molecule has 1 aliphatic rings. The van der Waals surface area contributed by atoms with E-state index in [-0.39, 0.29) is 11.5 Å². The zero-order valence-electron chi connectivity index (χ0n) is 17.7. The molecular weight excluding hydrogens is 396 g/mol. The maximum absolute atomic E-state index is 12.7. The van der Waals surface area contributed by atoms with Gasteiger partial charge in [0.2, 0.25) is 5.91 Å². The van der Waals surface area contributed by atoms with Gasteiger partial charge in [-0.2, -0.15) is 0 Å². The van der Waals surface area contributed by atoms with Crippen molar-refractivity contribution in [3.63, 3.8) is 0 Å². The van der Waals surface area contributed by atoms with Crippen molar-refractivity contribution in [1.29, 1.82) is 0 Å². The molecule has 0 bridgehead atoms. The number of nitrogens with one attached hydrogen (secondary N) is 2. The second-order valence-corrected chi connectivity index (χ2v) is 9.47. The highest BCUT2D eigenvalue weighted by Gasteiger charge is 2.23. The van der Waals surface area contributed by atoms with Crippen molar-refractivity contribution in [2.24, 2.45) is 5.92 Å². The molecule has 0 saturated carbocycles. The predicted molar refractivity (Wildman–Crippen MR) is 122 cm³/mol. The molecule has 1 atom stereocenters. The van der Waals surface area contributed by atoms with E-state index >= 15 is 0 Å². The normalized spacial score (nSPS) is 15.8. The SMILES string of the molecule is C[C@H]1CCc2c(sc3nc(CCC(=O)NCc4ccc(N(C)C)cc4)[nH]c(=O)c23)C1. The highest BCUT2D eigenvalue weighted by molar-refractivity contribution is 7.18. The standard InChI is InChI=1S/C23H28N4O2S/c1-14-4-9-17-18(12-14)30-23-21(17)22(29)25-19(26-23)10-11-20(28)24-13-15-5-7-16(8-6-15)27(2)3/h5-8,14H,4,9-13H2,1-3H3,(H,24,28)(H,25,26,29)/t14-/m0/s1. The van der Waals surface area contributed by atoms with Crippen molar-refractivity contribution >= 4 is 33.1 Å². The fourth-order valence-corrected chi connectivity index (χ4v) is 5.35. The molecule has 158 valence electrons. The molecule has 4 rings (SSSR count). The number of fused-ring (bicyclic) bond motifs is 3. The summed E-state index contributed by atoms with van der Waals surface area (Å²) < 4.78 is 0. The number of benzene rings is 1. The molecule has 6 nitrogen and oxygen atoms in total. The zero-order valence-corrected chi connectivity index (χ0v) is 18.6. The molecule has 1 aromatic carbocycles. The molecule has 0 saturated heterocycles. The zero-order chi connectivity index (χ0) is 21.3. The van der Waals surface area contributed by atoms with Crippen LogP contribution in [-0.4, -0.2) is 30.0 Å².